The maximum Gasteiger partial charge on any atom is 0.319 e. The molecule has 0 atom stereocenters. The first-order chi connectivity index (χ1) is 22.9. The van der Waals surface area contributed by atoms with Gasteiger partial charge in [0.2, 0.25) is 0 Å². The molecule has 3 aromatic carbocycles. The molecule has 0 amide bonds. The van der Waals surface area contributed by atoms with Crippen molar-refractivity contribution in [3.63, 3.8) is 0 Å². The number of fused-ring (bicyclic) bond motifs is 2. The molecule has 0 radical (unpaired) electrons. The summed E-state index contributed by atoms with van der Waals surface area (Å²) in [6.45, 7) is 8.44. The van der Waals surface area contributed by atoms with Crippen LogP contribution in [0.4, 0.5) is 14.6 Å². The Morgan fingerprint density at radius 3 is 2.62 bits per heavy atom. The minimum absolute atomic E-state index is 0.0178. The average molecular weight is 646 g/mol. The number of terminal acetylenes is 1. The Labute approximate surface area is 273 Å². The van der Waals surface area contributed by atoms with E-state index in [2.05, 4.69) is 38.3 Å². The van der Waals surface area contributed by atoms with E-state index in [4.69, 9.17) is 20.6 Å². The van der Waals surface area contributed by atoms with Crippen LogP contribution in [-0.4, -0.2) is 86.2 Å². The molecule has 1 saturated heterocycles. The van der Waals surface area contributed by atoms with Crippen LogP contribution in [0, 0.1) is 29.4 Å². The number of aromatic nitrogens is 2. The first-order valence-corrected chi connectivity index (χ1v) is 16.2. The highest BCUT2D eigenvalue weighted by Crippen LogP contribution is 2.48. The number of anilines is 1. The fraction of sp³-hybridized carbons (Fsp3) is 0.444. The van der Waals surface area contributed by atoms with Crippen molar-refractivity contribution < 1.29 is 28.1 Å². The Kier molecular flexibility index (Phi) is 9.92. The van der Waals surface area contributed by atoms with Gasteiger partial charge >= 0.3 is 6.01 Å². The van der Waals surface area contributed by atoms with Crippen molar-refractivity contribution in [2.45, 2.75) is 32.6 Å². The van der Waals surface area contributed by atoms with Gasteiger partial charge in [0.1, 0.15) is 17.1 Å². The van der Waals surface area contributed by atoms with Gasteiger partial charge in [0.05, 0.1) is 37.9 Å². The summed E-state index contributed by atoms with van der Waals surface area (Å²) < 4.78 is 50.7. The zero-order valence-electron chi connectivity index (χ0n) is 26.9. The second-order valence-electron chi connectivity index (χ2n) is 12.4. The van der Waals surface area contributed by atoms with Crippen molar-refractivity contribution in [2.75, 3.05) is 71.5 Å². The number of halogens is 2. The highest BCUT2D eigenvalue weighted by Gasteiger charge is 2.45. The first-order valence-electron chi connectivity index (χ1n) is 16.2. The molecule has 1 aliphatic heterocycles. The molecule has 6 rings (SSSR count). The number of phenolic OH excluding ortho intramolecular Hbond substituents is 1. The van der Waals surface area contributed by atoms with E-state index in [1.54, 1.807) is 18.2 Å². The number of nitrogens with one attached hydrogen (secondary N) is 2. The van der Waals surface area contributed by atoms with Gasteiger partial charge in [-0.25, -0.2) is 8.78 Å². The maximum absolute atomic E-state index is 16.9. The lowest BCUT2D eigenvalue weighted by atomic mass is 9.92. The molecule has 47 heavy (non-hydrogen) atoms. The highest BCUT2D eigenvalue weighted by atomic mass is 19.1. The van der Waals surface area contributed by atoms with Crippen molar-refractivity contribution in [2.24, 2.45) is 5.41 Å². The van der Waals surface area contributed by atoms with Gasteiger partial charge in [0, 0.05) is 54.7 Å². The van der Waals surface area contributed by atoms with Crippen LogP contribution < -0.4 is 20.1 Å². The minimum atomic E-state index is -0.958. The Bertz CT molecular complexity index is 1800. The smallest absolute Gasteiger partial charge is 0.319 e. The number of nitrogens with zero attached hydrogens (tertiary/aromatic N) is 3. The molecule has 2 fully saturated rings. The largest absolute Gasteiger partial charge is 0.508 e. The van der Waals surface area contributed by atoms with E-state index < -0.39 is 17.2 Å². The lowest BCUT2D eigenvalue weighted by molar-refractivity contribution is 0.0231. The SMILES string of the molecule is C#Cc1cccc2cc(O)cc(-c3c(F)c(OC)c4c(NCCNCCCC)nc(OCC5(CN6CCOCC6)CC5)nc4c3F)c12. The van der Waals surface area contributed by atoms with Crippen molar-refractivity contribution >= 4 is 27.5 Å². The van der Waals surface area contributed by atoms with Crippen LogP contribution >= 0.6 is 0 Å². The molecule has 2 heterocycles. The number of hydrogen-bond donors (Lipinski definition) is 3. The normalized spacial score (nSPS) is 15.9. The number of ether oxygens (including phenoxy) is 3. The molecule has 11 heteroatoms. The number of hydrogen-bond acceptors (Lipinski definition) is 9. The number of rotatable bonds is 14. The van der Waals surface area contributed by atoms with E-state index >= 15 is 8.78 Å². The topological polar surface area (TPSA) is 101 Å². The number of methoxy groups -OCH3 is 1. The molecule has 0 bridgehead atoms. The van der Waals surface area contributed by atoms with Gasteiger partial charge < -0.3 is 30.0 Å². The number of benzene rings is 3. The van der Waals surface area contributed by atoms with Gasteiger partial charge in [-0.1, -0.05) is 31.4 Å². The van der Waals surface area contributed by atoms with Gasteiger partial charge in [-0.2, -0.15) is 9.97 Å². The lowest BCUT2D eigenvalue weighted by Crippen LogP contribution is -2.41. The van der Waals surface area contributed by atoms with E-state index in [1.165, 1.54) is 19.2 Å². The number of morpholine rings is 1. The molecule has 1 aromatic heterocycles. The molecule has 1 saturated carbocycles. The van der Waals surface area contributed by atoms with E-state index in [-0.39, 0.29) is 45.2 Å². The number of unbranched alkanes of at least 4 members (excludes halogenated alkanes) is 1. The number of aromatic hydroxyl groups is 1. The van der Waals surface area contributed by atoms with E-state index in [1.807, 2.05) is 0 Å². The monoisotopic (exact) mass is 645 g/mol. The zero-order valence-corrected chi connectivity index (χ0v) is 26.9. The molecule has 0 unspecified atom stereocenters. The molecule has 9 nitrogen and oxygen atoms in total. The van der Waals surface area contributed by atoms with Crippen molar-refractivity contribution in [3.05, 3.63) is 47.5 Å². The third-order valence-corrected chi connectivity index (χ3v) is 8.98. The fourth-order valence-corrected chi connectivity index (χ4v) is 6.27. The summed E-state index contributed by atoms with van der Waals surface area (Å²) in [5, 5.41) is 18.2. The summed E-state index contributed by atoms with van der Waals surface area (Å²) in [5.41, 5.74) is -0.113. The fourth-order valence-electron chi connectivity index (χ4n) is 6.27. The van der Waals surface area contributed by atoms with Crippen LogP contribution in [0.2, 0.25) is 0 Å². The third-order valence-electron chi connectivity index (χ3n) is 8.98. The van der Waals surface area contributed by atoms with Gasteiger partial charge in [-0.05, 0) is 49.4 Å². The minimum Gasteiger partial charge on any atom is -0.508 e. The molecular formula is C36H41F2N5O4. The summed E-state index contributed by atoms with van der Waals surface area (Å²) >= 11 is 0. The molecule has 3 N–H and O–H groups in total. The Balaban J connectivity index is 1.44. The van der Waals surface area contributed by atoms with Gasteiger partial charge in [-0.15, -0.1) is 6.42 Å². The second-order valence-corrected chi connectivity index (χ2v) is 12.4. The molecule has 248 valence electrons. The maximum atomic E-state index is 16.9. The predicted molar refractivity (Wildman–Crippen MR) is 179 cm³/mol. The van der Waals surface area contributed by atoms with Crippen molar-refractivity contribution in [3.8, 4) is 41.0 Å². The van der Waals surface area contributed by atoms with Gasteiger partial charge in [0.25, 0.3) is 0 Å². The molecule has 4 aromatic rings. The molecule has 0 spiro atoms. The van der Waals surface area contributed by atoms with Crippen LogP contribution in [0.15, 0.2) is 30.3 Å². The Morgan fingerprint density at radius 2 is 1.89 bits per heavy atom. The van der Waals surface area contributed by atoms with Gasteiger partial charge in [0.15, 0.2) is 17.4 Å². The quantitative estimate of drug-likeness (QED) is 0.118. The van der Waals surface area contributed by atoms with Crippen LogP contribution in [0.1, 0.15) is 38.2 Å². The molecular weight excluding hydrogens is 604 g/mol. The van der Waals surface area contributed by atoms with E-state index in [0.717, 1.165) is 51.9 Å². The number of phenols is 1. The highest BCUT2D eigenvalue weighted by molar-refractivity contribution is 6.05. The summed E-state index contributed by atoms with van der Waals surface area (Å²) in [6.07, 6.45) is 9.92. The third kappa shape index (κ3) is 6.91. The molecule has 2 aliphatic rings. The first kappa shape index (κ1) is 32.7. The van der Waals surface area contributed by atoms with E-state index in [0.29, 0.717) is 49.2 Å². The average Bonchev–Trinajstić information content (AvgIpc) is 3.85. The van der Waals surface area contributed by atoms with E-state index in [9.17, 15) is 5.11 Å². The Hall–Kier alpha value is -4.24. The summed E-state index contributed by atoms with van der Waals surface area (Å²) in [7, 11) is 1.32. The summed E-state index contributed by atoms with van der Waals surface area (Å²) in [4.78, 5) is 11.5. The van der Waals surface area contributed by atoms with Crippen LogP contribution in [-0.2, 0) is 4.74 Å². The predicted octanol–water partition coefficient (Wildman–Crippen LogP) is 5.72. The van der Waals surface area contributed by atoms with Crippen LogP contribution in [0.5, 0.6) is 17.5 Å². The summed E-state index contributed by atoms with van der Waals surface area (Å²) in [5.74, 6) is 0.502. The standard InChI is InChI=1S/C36H41F2N5O4/c1-4-6-12-39-13-14-40-34-29-32(41-35(42-34)47-22-36(10-11-36)21-43-15-17-46-18-16-43)30(37)28(31(38)33(29)45-3)26-20-25(44)19-24-9-7-8-23(5-2)27(24)26/h2,7-9,19-20,39,44H,4,6,10-18,21-22H2,1,3H3,(H,40,41,42). The Morgan fingerprint density at radius 1 is 1.09 bits per heavy atom. The van der Waals surface area contributed by atoms with Crippen molar-refractivity contribution in [1.29, 1.82) is 0 Å². The second kappa shape index (κ2) is 14.3. The van der Waals surface area contributed by atoms with Crippen molar-refractivity contribution in [1.82, 2.24) is 20.2 Å². The molecule has 1 aliphatic carbocycles. The van der Waals surface area contributed by atoms with Crippen LogP contribution in [0.3, 0.4) is 0 Å². The van der Waals surface area contributed by atoms with Gasteiger partial charge in [-0.3, -0.25) is 4.90 Å². The lowest BCUT2D eigenvalue weighted by Gasteiger charge is -2.30. The van der Waals surface area contributed by atoms with Crippen LogP contribution in [0.25, 0.3) is 32.8 Å². The summed E-state index contributed by atoms with van der Waals surface area (Å²) in [6, 6.07) is 7.93. The zero-order chi connectivity index (χ0) is 33.0.